The molecule has 2 atom stereocenters. The maximum atomic E-state index is 8.83. The SMILES string of the molecule is CC(C#N)N(C)C(C)c1ccc(Cl)cc1. The fourth-order valence-corrected chi connectivity index (χ4v) is 1.53. The minimum Gasteiger partial charge on any atom is -0.285 e. The topological polar surface area (TPSA) is 27.0 Å². The van der Waals surface area contributed by atoms with E-state index in [0.717, 1.165) is 5.02 Å². The summed E-state index contributed by atoms with van der Waals surface area (Å²) in [5.74, 6) is 0. The van der Waals surface area contributed by atoms with Crippen LogP contribution in [0.1, 0.15) is 25.5 Å². The number of nitriles is 1. The van der Waals surface area contributed by atoms with Crippen molar-refractivity contribution >= 4 is 11.6 Å². The Balaban J connectivity index is 2.81. The van der Waals surface area contributed by atoms with Gasteiger partial charge < -0.3 is 0 Å². The highest BCUT2D eigenvalue weighted by molar-refractivity contribution is 6.30. The Morgan fingerprint density at radius 3 is 2.27 bits per heavy atom. The van der Waals surface area contributed by atoms with Gasteiger partial charge in [0.1, 0.15) is 0 Å². The predicted molar refractivity (Wildman–Crippen MR) is 62.7 cm³/mol. The third-order valence-corrected chi connectivity index (χ3v) is 3.01. The lowest BCUT2D eigenvalue weighted by molar-refractivity contribution is 0.234. The number of hydrogen-bond acceptors (Lipinski definition) is 2. The fraction of sp³-hybridized carbons (Fsp3) is 0.417. The smallest absolute Gasteiger partial charge is 0.0951 e. The molecule has 0 amide bonds. The number of hydrogen-bond donors (Lipinski definition) is 0. The van der Waals surface area contributed by atoms with E-state index >= 15 is 0 Å². The maximum Gasteiger partial charge on any atom is 0.0951 e. The van der Waals surface area contributed by atoms with Crippen LogP contribution in [-0.2, 0) is 0 Å². The number of benzene rings is 1. The second-order valence-electron chi connectivity index (χ2n) is 3.70. The Morgan fingerprint density at radius 2 is 1.80 bits per heavy atom. The van der Waals surface area contributed by atoms with Gasteiger partial charge in [0.2, 0.25) is 0 Å². The molecule has 2 nitrogen and oxygen atoms in total. The highest BCUT2D eigenvalue weighted by Crippen LogP contribution is 2.22. The van der Waals surface area contributed by atoms with Crippen molar-refractivity contribution in [3.8, 4) is 6.07 Å². The van der Waals surface area contributed by atoms with E-state index in [0.29, 0.717) is 0 Å². The van der Waals surface area contributed by atoms with Gasteiger partial charge in [0, 0.05) is 11.1 Å². The first-order chi connectivity index (χ1) is 7.06. The van der Waals surface area contributed by atoms with Gasteiger partial charge in [0.05, 0.1) is 12.1 Å². The van der Waals surface area contributed by atoms with Crippen molar-refractivity contribution in [3.63, 3.8) is 0 Å². The molecule has 15 heavy (non-hydrogen) atoms. The summed E-state index contributed by atoms with van der Waals surface area (Å²) in [5, 5.41) is 9.57. The van der Waals surface area contributed by atoms with Crippen LogP contribution < -0.4 is 0 Å². The van der Waals surface area contributed by atoms with Gasteiger partial charge in [-0.2, -0.15) is 5.26 Å². The Hall–Kier alpha value is -1.04. The van der Waals surface area contributed by atoms with Gasteiger partial charge in [-0.25, -0.2) is 0 Å². The zero-order valence-corrected chi connectivity index (χ0v) is 9.99. The molecule has 0 heterocycles. The van der Waals surface area contributed by atoms with E-state index in [2.05, 4.69) is 13.0 Å². The van der Waals surface area contributed by atoms with Crippen molar-refractivity contribution in [2.45, 2.75) is 25.9 Å². The van der Waals surface area contributed by atoms with Gasteiger partial charge in [-0.3, -0.25) is 4.90 Å². The molecule has 3 heteroatoms. The summed E-state index contributed by atoms with van der Waals surface area (Å²) in [6.07, 6.45) is 0. The second-order valence-corrected chi connectivity index (χ2v) is 4.13. The average molecular weight is 223 g/mol. The highest BCUT2D eigenvalue weighted by atomic mass is 35.5. The number of halogens is 1. The lowest BCUT2D eigenvalue weighted by Gasteiger charge is -2.27. The zero-order chi connectivity index (χ0) is 11.4. The minimum absolute atomic E-state index is 0.0873. The van der Waals surface area contributed by atoms with Crippen LogP contribution in [0.15, 0.2) is 24.3 Å². The van der Waals surface area contributed by atoms with E-state index in [-0.39, 0.29) is 12.1 Å². The Bertz CT molecular complexity index is 353. The van der Waals surface area contributed by atoms with Crippen molar-refractivity contribution in [3.05, 3.63) is 34.9 Å². The average Bonchev–Trinajstić information content (AvgIpc) is 2.27. The summed E-state index contributed by atoms with van der Waals surface area (Å²) in [7, 11) is 1.95. The molecule has 0 radical (unpaired) electrons. The Kier molecular flexibility index (Phi) is 4.14. The lowest BCUT2D eigenvalue weighted by atomic mass is 10.1. The molecular weight excluding hydrogens is 208 g/mol. The first kappa shape index (κ1) is 12.0. The molecule has 0 aromatic heterocycles. The van der Waals surface area contributed by atoms with Crippen LogP contribution in [-0.4, -0.2) is 18.0 Å². The first-order valence-electron chi connectivity index (χ1n) is 4.93. The highest BCUT2D eigenvalue weighted by Gasteiger charge is 2.16. The van der Waals surface area contributed by atoms with E-state index in [9.17, 15) is 0 Å². The van der Waals surface area contributed by atoms with E-state index in [1.54, 1.807) is 0 Å². The van der Waals surface area contributed by atoms with Crippen molar-refractivity contribution in [1.82, 2.24) is 4.90 Å². The van der Waals surface area contributed by atoms with Gasteiger partial charge in [-0.15, -0.1) is 0 Å². The quantitative estimate of drug-likeness (QED) is 0.785. The molecule has 0 aliphatic heterocycles. The first-order valence-corrected chi connectivity index (χ1v) is 5.31. The molecule has 0 fully saturated rings. The van der Waals surface area contributed by atoms with Crippen LogP contribution in [0.3, 0.4) is 0 Å². The van der Waals surface area contributed by atoms with E-state index in [1.807, 2.05) is 43.1 Å². The minimum atomic E-state index is -0.0873. The van der Waals surface area contributed by atoms with Gasteiger partial charge in [0.25, 0.3) is 0 Å². The molecule has 0 saturated heterocycles. The van der Waals surface area contributed by atoms with Gasteiger partial charge in [-0.05, 0) is 38.6 Å². The van der Waals surface area contributed by atoms with E-state index in [1.165, 1.54) is 5.56 Å². The summed E-state index contributed by atoms with van der Waals surface area (Å²) in [6, 6.07) is 10.1. The summed E-state index contributed by atoms with van der Waals surface area (Å²) >= 11 is 5.82. The molecule has 0 N–H and O–H groups in total. The van der Waals surface area contributed by atoms with Crippen LogP contribution in [0, 0.1) is 11.3 Å². The number of nitrogens with zero attached hydrogens (tertiary/aromatic N) is 2. The Morgan fingerprint density at radius 1 is 1.27 bits per heavy atom. The molecular formula is C12H15ClN2. The van der Waals surface area contributed by atoms with E-state index in [4.69, 9.17) is 16.9 Å². The molecule has 1 aromatic carbocycles. The van der Waals surface area contributed by atoms with Crippen LogP contribution >= 0.6 is 11.6 Å². The van der Waals surface area contributed by atoms with Crippen LogP contribution in [0.25, 0.3) is 0 Å². The number of rotatable bonds is 3. The molecule has 0 aliphatic carbocycles. The summed E-state index contributed by atoms with van der Waals surface area (Å²) < 4.78 is 0. The normalized spacial score (nSPS) is 14.7. The van der Waals surface area contributed by atoms with Crippen molar-refractivity contribution in [2.75, 3.05) is 7.05 Å². The zero-order valence-electron chi connectivity index (χ0n) is 9.24. The standard InChI is InChI=1S/C12H15ClN2/c1-9(8-14)15(3)10(2)11-4-6-12(13)7-5-11/h4-7,9-10H,1-3H3. The maximum absolute atomic E-state index is 8.83. The summed E-state index contributed by atoms with van der Waals surface area (Å²) in [6.45, 7) is 3.98. The third kappa shape index (κ3) is 2.95. The van der Waals surface area contributed by atoms with E-state index < -0.39 is 0 Å². The molecule has 0 spiro atoms. The molecule has 80 valence electrons. The van der Waals surface area contributed by atoms with Gasteiger partial charge in [-0.1, -0.05) is 23.7 Å². The van der Waals surface area contributed by atoms with Crippen LogP contribution in [0.4, 0.5) is 0 Å². The molecule has 1 rings (SSSR count). The molecule has 2 unspecified atom stereocenters. The predicted octanol–water partition coefficient (Wildman–Crippen LogP) is 3.24. The van der Waals surface area contributed by atoms with Crippen molar-refractivity contribution < 1.29 is 0 Å². The molecule has 1 aromatic rings. The Labute approximate surface area is 96.1 Å². The monoisotopic (exact) mass is 222 g/mol. The largest absolute Gasteiger partial charge is 0.285 e. The van der Waals surface area contributed by atoms with Crippen LogP contribution in [0.5, 0.6) is 0 Å². The molecule has 0 saturated carbocycles. The van der Waals surface area contributed by atoms with Crippen molar-refractivity contribution in [1.29, 1.82) is 5.26 Å². The fourth-order valence-electron chi connectivity index (χ4n) is 1.40. The molecule has 0 aliphatic rings. The van der Waals surface area contributed by atoms with Gasteiger partial charge >= 0.3 is 0 Å². The summed E-state index contributed by atoms with van der Waals surface area (Å²) in [5.41, 5.74) is 1.17. The summed E-state index contributed by atoms with van der Waals surface area (Å²) in [4.78, 5) is 2.03. The lowest BCUT2D eigenvalue weighted by Crippen LogP contribution is -2.30. The van der Waals surface area contributed by atoms with Crippen LogP contribution in [0.2, 0.25) is 5.02 Å². The molecule has 0 bridgehead atoms. The van der Waals surface area contributed by atoms with Crippen molar-refractivity contribution in [2.24, 2.45) is 0 Å². The second kappa shape index (κ2) is 5.16. The third-order valence-electron chi connectivity index (χ3n) is 2.76. The van der Waals surface area contributed by atoms with Gasteiger partial charge in [0.15, 0.2) is 0 Å².